The second-order valence-electron chi connectivity index (χ2n) is 12.6. The molecule has 0 aliphatic heterocycles. The van der Waals surface area contributed by atoms with Crippen molar-refractivity contribution in [3.05, 3.63) is 127 Å². The van der Waals surface area contributed by atoms with Crippen molar-refractivity contribution in [3.8, 4) is 5.69 Å². The van der Waals surface area contributed by atoms with Gasteiger partial charge in [0, 0.05) is 72.6 Å². The Balaban J connectivity index is 0.00000514. The summed E-state index contributed by atoms with van der Waals surface area (Å²) in [5.74, 6) is 0. The average Bonchev–Trinajstić information content (AvgIpc) is 3.19. The fraction of sp³-hybridized carbons (Fsp3) is 0.171. The van der Waals surface area contributed by atoms with Crippen molar-refractivity contribution in [1.82, 2.24) is 4.98 Å². The fourth-order valence-electron chi connectivity index (χ4n) is 6.88. The van der Waals surface area contributed by atoms with Gasteiger partial charge in [0.1, 0.15) is 21.2 Å². The number of para-hydroxylation sites is 1. The molecule has 0 aliphatic rings. The molecule has 14 heteroatoms. The van der Waals surface area contributed by atoms with E-state index in [1.165, 1.54) is 12.1 Å². The van der Waals surface area contributed by atoms with E-state index in [-0.39, 0.29) is 34.5 Å². The van der Waals surface area contributed by atoms with Crippen LogP contribution in [0.2, 0.25) is 0 Å². The number of hydrogen-bond donors (Lipinski definition) is 1. The first-order chi connectivity index (χ1) is 26.2. The van der Waals surface area contributed by atoms with Crippen molar-refractivity contribution >= 4 is 77.7 Å². The van der Waals surface area contributed by atoms with Gasteiger partial charge in [-0.15, -0.1) is 4.57 Å². The Morgan fingerprint density at radius 1 is 0.782 bits per heavy atom. The standard InChI is InChI=1S/C41H39N5O6S2.Na/c1-4-44(5-2)37-23-18-29(24-40(37)53-52-51-47)42-36-26-39-41(34-15-11-10-14-33(34)36)43-35-22-19-31(25-38(35)46(39)30-12-8-7-9-13-30)45(6-3)27-28-16-20-32(21-17-28)54(48,49)50;/h7-26H,4-6,27H2,1-3H3,(H2,47,48,49,50);/q;+1/p-1. The SMILES string of the molecule is CCN(Cc1ccc(S(=O)(=O)[O-])cc1)c1ccc2nc3c4ccccc4c(Nc4ccc(N(CC)CC)c(SOO[O-])c4)cc3[n+](-c3ccccc3)c2c1.[Na+]. The molecule has 1 heterocycles. The Bertz CT molecular complexity index is 2560. The zero-order chi connectivity index (χ0) is 37.8. The van der Waals surface area contributed by atoms with E-state index < -0.39 is 10.1 Å². The van der Waals surface area contributed by atoms with Crippen LogP contribution in [0.1, 0.15) is 26.3 Å². The summed E-state index contributed by atoms with van der Waals surface area (Å²) in [6.45, 7) is 8.96. The van der Waals surface area contributed by atoms with Crippen LogP contribution >= 0.6 is 12.0 Å². The number of benzene rings is 6. The zero-order valence-electron chi connectivity index (χ0n) is 30.9. The molecule has 6 aromatic carbocycles. The molecule has 0 spiro atoms. The molecule has 0 amide bonds. The molecule has 7 rings (SSSR count). The molecule has 0 fully saturated rings. The second-order valence-corrected chi connectivity index (χ2v) is 14.7. The average molecular weight is 784 g/mol. The summed E-state index contributed by atoms with van der Waals surface area (Å²) in [6, 6.07) is 38.7. The molecule has 55 heavy (non-hydrogen) atoms. The van der Waals surface area contributed by atoms with E-state index in [0.29, 0.717) is 13.1 Å². The van der Waals surface area contributed by atoms with Gasteiger partial charge in [0.25, 0.3) is 0 Å². The summed E-state index contributed by atoms with van der Waals surface area (Å²) < 4.78 is 41.5. The largest absolute Gasteiger partial charge is 1.00 e. The van der Waals surface area contributed by atoms with Gasteiger partial charge in [-0.3, -0.25) is 5.04 Å². The molecule has 11 nitrogen and oxygen atoms in total. The number of nitrogens with zero attached hydrogens (tertiary/aromatic N) is 4. The number of fused-ring (bicyclic) bond motifs is 4. The van der Waals surface area contributed by atoms with Crippen LogP contribution in [0.15, 0.2) is 131 Å². The van der Waals surface area contributed by atoms with Crippen LogP contribution in [-0.4, -0.2) is 37.6 Å². The zero-order valence-corrected chi connectivity index (χ0v) is 34.6. The number of hydrogen-bond acceptors (Lipinski definition) is 11. The molecular formula is C41H38N5NaO6S2. The molecule has 7 aromatic rings. The third kappa shape index (κ3) is 8.60. The Morgan fingerprint density at radius 3 is 2.15 bits per heavy atom. The van der Waals surface area contributed by atoms with E-state index in [0.717, 1.165) is 96.9 Å². The third-order valence-corrected chi connectivity index (χ3v) is 11.0. The van der Waals surface area contributed by atoms with E-state index in [9.17, 15) is 18.2 Å². The van der Waals surface area contributed by atoms with Gasteiger partial charge in [-0.1, -0.05) is 54.6 Å². The van der Waals surface area contributed by atoms with Crippen LogP contribution in [0.3, 0.4) is 0 Å². The molecule has 0 unspecified atom stereocenters. The van der Waals surface area contributed by atoms with Crippen LogP contribution in [0, 0.1) is 0 Å². The summed E-state index contributed by atoms with van der Waals surface area (Å²) in [4.78, 5) is 10.1. The van der Waals surface area contributed by atoms with Gasteiger partial charge in [0.05, 0.1) is 33.2 Å². The van der Waals surface area contributed by atoms with Gasteiger partial charge in [0.2, 0.25) is 16.7 Å². The van der Waals surface area contributed by atoms with Crippen LogP contribution < -0.4 is 54.5 Å². The van der Waals surface area contributed by atoms with E-state index in [1.807, 2.05) is 60.7 Å². The molecule has 276 valence electrons. The summed E-state index contributed by atoms with van der Waals surface area (Å²) in [7, 11) is -4.53. The molecular weight excluding hydrogens is 746 g/mol. The Labute approximate surface area is 346 Å². The smallest absolute Gasteiger partial charge is 0.744 e. The van der Waals surface area contributed by atoms with Gasteiger partial charge in [0.15, 0.2) is 0 Å². The third-order valence-electron chi connectivity index (χ3n) is 9.51. The van der Waals surface area contributed by atoms with Gasteiger partial charge < -0.3 is 24.9 Å². The van der Waals surface area contributed by atoms with E-state index in [2.05, 4.69) is 81.9 Å². The van der Waals surface area contributed by atoms with Crippen molar-refractivity contribution < 1.29 is 61.7 Å². The minimum atomic E-state index is -4.53. The van der Waals surface area contributed by atoms with Gasteiger partial charge in [-0.25, -0.2) is 13.4 Å². The molecule has 0 bridgehead atoms. The first-order valence-corrected chi connectivity index (χ1v) is 19.7. The van der Waals surface area contributed by atoms with Gasteiger partial charge >= 0.3 is 29.6 Å². The maximum atomic E-state index is 11.5. The van der Waals surface area contributed by atoms with Crippen molar-refractivity contribution in [2.45, 2.75) is 37.1 Å². The normalized spacial score (nSPS) is 11.5. The Morgan fingerprint density at radius 2 is 1.47 bits per heavy atom. The van der Waals surface area contributed by atoms with Crippen molar-refractivity contribution in [1.29, 1.82) is 0 Å². The topological polar surface area (TPSA) is 134 Å². The number of nitrogens with one attached hydrogen (secondary N) is 1. The van der Waals surface area contributed by atoms with Crippen LogP contribution in [0.5, 0.6) is 0 Å². The van der Waals surface area contributed by atoms with Crippen molar-refractivity contribution in [2.75, 3.05) is 34.8 Å². The summed E-state index contributed by atoms with van der Waals surface area (Å²) >= 11 is 0.874. The Kier molecular flexibility index (Phi) is 13.0. The molecule has 0 saturated heterocycles. The number of aromatic nitrogens is 2. The van der Waals surface area contributed by atoms with Crippen LogP contribution in [0.4, 0.5) is 22.7 Å². The monoisotopic (exact) mass is 783 g/mol. The number of rotatable bonds is 14. The first-order valence-electron chi connectivity index (χ1n) is 17.6. The molecule has 1 N–H and O–H groups in total. The molecule has 0 aliphatic carbocycles. The van der Waals surface area contributed by atoms with Crippen molar-refractivity contribution in [3.63, 3.8) is 0 Å². The maximum Gasteiger partial charge on any atom is 1.00 e. The second kappa shape index (κ2) is 17.7. The minimum absolute atomic E-state index is 0. The first kappa shape index (κ1) is 40.4. The number of anilines is 4. The van der Waals surface area contributed by atoms with Crippen LogP contribution in [-0.2, 0) is 26.0 Å². The molecule has 0 atom stereocenters. The summed E-state index contributed by atoms with van der Waals surface area (Å²) in [5.41, 5.74) is 8.83. The predicted molar refractivity (Wildman–Crippen MR) is 211 cm³/mol. The van der Waals surface area contributed by atoms with E-state index in [4.69, 9.17) is 9.32 Å². The van der Waals surface area contributed by atoms with Crippen molar-refractivity contribution in [2.24, 2.45) is 0 Å². The van der Waals surface area contributed by atoms with Gasteiger partial charge in [-0.2, -0.15) is 4.33 Å². The quantitative estimate of drug-likeness (QED) is 0.0243. The molecule has 0 radical (unpaired) electrons. The predicted octanol–water partition coefficient (Wildman–Crippen LogP) is 4.57. The van der Waals surface area contributed by atoms with Crippen LogP contribution in [0.25, 0.3) is 38.5 Å². The Hall–Kier alpha value is -4.28. The van der Waals surface area contributed by atoms with E-state index in [1.54, 1.807) is 12.1 Å². The maximum absolute atomic E-state index is 11.5. The summed E-state index contributed by atoms with van der Waals surface area (Å²) in [6.07, 6.45) is 0. The fourth-order valence-corrected chi connectivity index (χ4v) is 7.91. The molecule has 0 saturated carbocycles. The summed E-state index contributed by atoms with van der Waals surface area (Å²) in [5, 5.41) is 20.1. The minimum Gasteiger partial charge on any atom is -0.744 e. The van der Waals surface area contributed by atoms with Gasteiger partial charge in [-0.05, 0) is 68.8 Å². The molecule has 1 aromatic heterocycles. The van der Waals surface area contributed by atoms with E-state index >= 15 is 0 Å².